The number of unbranched alkanes of at least 4 members (excludes halogenated alkanes) is 50. The predicted molar refractivity (Wildman–Crippen MR) is 465 cm³/mol. The molecule has 0 bridgehead atoms. The van der Waals surface area contributed by atoms with Gasteiger partial charge in [-0.2, -0.15) is 0 Å². The summed E-state index contributed by atoms with van der Waals surface area (Å²) in [6.45, 7) is 18.8. The number of allylic oxidation sites excluding steroid dienone is 8. The van der Waals surface area contributed by atoms with Crippen molar-refractivity contribution < 1.29 is 25.1 Å². The van der Waals surface area contributed by atoms with Crippen molar-refractivity contribution in [1.29, 1.82) is 0 Å². The van der Waals surface area contributed by atoms with Gasteiger partial charge >= 0.3 is 0 Å². The maximum absolute atomic E-state index is 13.4. The molecule has 3 rings (SSSR count). The molecular formula is C101H176N2Pd. The fourth-order valence-electron chi connectivity index (χ4n) is 16.8. The molecular weight excluding hydrogens is 1350 g/mol. The fraction of sp³-hybridized carbons (Fsp3) is 0.782. The number of benzene rings is 2. The molecule has 1 aliphatic heterocycles. The second-order valence-electron chi connectivity index (χ2n) is 33.3. The minimum atomic E-state index is 0. The first-order chi connectivity index (χ1) is 50.9. The van der Waals surface area contributed by atoms with Gasteiger partial charge in [-0.3, -0.25) is 0 Å². The Balaban J connectivity index is 0.0000367. The smallest absolute Gasteiger partial charge is 0.215 e. The van der Waals surface area contributed by atoms with Crippen LogP contribution in [0.2, 0.25) is 0 Å². The van der Waals surface area contributed by atoms with Gasteiger partial charge in [0.25, 0.3) is 0 Å². The molecule has 2 atom stereocenters. The largest absolute Gasteiger partial charge is 0.493 e. The van der Waals surface area contributed by atoms with Gasteiger partial charge < -0.3 is 5.53 Å². The molecule has 3 heteroatoms. The molecule has 0 radical (unpaired) electrons. The van der Waals surface area contributed by atoms with E-state index >= 15 is 0 Å². The van der Waals surface area contributed by atoms with E-state index in [-0.39, 0.29) is 20.4 Å². The van der Waals surface area contributed by atoms with Gasteiger partial charge in [0.15, 0.2) is 0 Å². The molecule has 0 aliphatic carbocycles. The molecule has 0 amide bonds. The van der Waals surface area contributed by atoms with Crippen LogP contribution in [0.4, 0.5) is 0 Å². The zero-order chi connectivity index (χ0) is 73.8. The van der Waals surface area contributed by atoms with E-state index in [2.05, 4.69) is 128 Å². The Labute approximate surface area is 665 Å². The summed E-state index contributed by atoms with van der Waals surface area (Å²) in [6, 6.07) is 18.6. The SMILES string of the molecule is CCCCCCCCCCCCCCCC=CC1=C(c2ccccc2CCC(C=C(CCCC)CCCCCCCCCCCCCCCCCCC)CCCC)[N+](=[N-])C(c2ccccc2CCC(C=C(CCCC)CCCCCCCCCCCCCCCCCCC)CCCC)=C1CCCC.[Pd]. The third kappa shape index (κ3) is 48.8. The number of hydrogen-bond acceptors (Lipinski definition) is 0. The minimum Gasteiger partial charge on any atom is -0.493 e. The van der Waals surface area contributed by atoms with Gasteiger partial charge in [-0.15, -0.1) is 0 Å². The van der Waals surface area contributed by atoms with Gasteiger partial charge in [0.05, 0.1) is 5.57 Å². The molecule has 2 unspecified atom stereocenters. The van der Waals surface area contributed by atoms with E-state index in [1.54, 1.807) is 15.8 Å². The van der Waals surface area contributed by atoms with Gasteiger partial charge in [0.2, 0.25) is 11.4 Å². The molecule has 0 fully saturated rings. The van der Waals surface area contributed by atoms with E-state index in [4.69, 9.17) is 0 Å². The van der Waals surface area contributed by atoms with Crippen LogP contribution in [0.5, 0.6) is 0 Å². The molecule has 2 aromatic rings. The third-order valence-corrected chi connectivity index (χ3v) is 23.6. The predicted octanol–water partition coefficient (Wildman–Crippen LogP) is 35.9. The second-order valence-corrected chi connectivity index (χ2v) is 33.3. The van der Waals surface area contributed by atoms with Crippen molar-refractivity contribution in [2.75, 3.05) is 0 Å². The van der Waals surface area contributed by atoms with Gasteiger partial charge in [-0.25, -0.2) is 4.70 Å². The first-order valence-corrected chi connectivity index (χ1v) is 47.1. The fourth-order valence-corrected chi connectivity index (χ4v) is 16.8. The third-order valence-electron chi connectivity index (χ3n) is 23.6. The first kappa shape index (κ1) is 97.5. The molecule has 600 valence electrons. The van der Waals surface area contributed by atoms with Crippen LogP contribution >= 0.6 is 0 Å². The quantitative estimate of drug-likeness (QED) is 0.0273. The maximum Gasteiger partial charge on any atom is 0.215 e. The van der Waals surface area contributed by atoms with Crippen molar-refractivity contribution in [1.82, 2.24) is 0 Å². The molecule has 0 saturated carbocycles. The molecule has 104 heavy (non-hydrogen) atoms. The maximum atomic E-state index is 13.4. The Bertz CT molecular complexity index is 2430. The van der Waals surface area contributed by atoms with E-state index in [1.807, 2.05) is 0 Å². The second kappa shape index (κ2) is 72.0. The van der Waals surface area contributed by atoms with Crippen LogP contribution in [0.25, 0.3) is 16.9 Å². The Morgan fingerprint density at radius 1 is 0.298 bits per heavy atom. The van der Waals surface area contributed by atoms with Gasteiger partial charge in [-0.05, 0) is 151 Å². The zero-order valence-corrected chi connectivity index (χ0v) is 72.6. The van der Waals surface area contributed by atoms with E-state index in [1.165, 1.54) is 425 Å². The standard InChI is InChI=1S/C101H176N2.Pd/c1-9-17-25-28-31-34-37-40-43-45-48-50-53-56-59-62-65-76-90(72-20-12-4)88-92(74-22-14-6)84-86-94-78-68-70-81-96(94)100-98(80-24-16-8)99(83-67-64-61-58-55-52-47-42-39-36-33-30-27-19-11-3)101(103(100)102)97-82-71-69-79-95(97)87-85-93(75-23-15-7)89-91(73-21-13-5)77-66-63-60-57-54-51-49-46-44-41-38-35-32-29-26-18-10-2;/h67-71,78-79,81-83,88-89,92-93H,9-66,72-77,80,84-87H2,1-8H3;. The Kier molecular flexibility index (Phi) is 67.5. The monoisotopic (exact) mass is 1520 g/mol. The van der Waals surface area contributed by atoms with Crippen molar-refractivity contribution in [2.24, 2.45) is 11.8 Å². The van der Waals surface area contributed by atoms with E-state index in [9.17, 15) is 5.53 Å². The van der Waals surface area contributed by atoms with Crippen LogP contribution in [0.3, 0.4) is 0 Å². The summed E-state index contributed by atoms with van der Waals surface area (Å²) in [4.78, 5) is 0. The summed E-state index contributed by atoms with van der Waals surface area (Å²) in [6.07, 6.45) is 104. The summed E-state index contributed by atoms with van der Waals surface area (Å²) in [5.74, 6) is 1.16. The van der Waals surface area contributed by atoms with E-state index < -0.39 is 0 Å². The van der Waals surface area contributed by atoms with Crippen LogP contribution in [-0.2, 0) is 33.3 Å². The summed E-state index contributed by atoms with van der Waals surface area (Å²) < 4.78 is 1.72. The summed E-state index contributed by atoms with van der Waals surface area (Å²) >= 11 is 0. The van der Waals surface area contributed by atoms with Crippen molar-refractivity contribution in [3.63, 3.8) is 0 Å². The molecule has 0 spiro atoms. The van der Waals surface area contributed by atoms with Gasteiger partial charge in [0.1, 0.15) is 0 Å². The van der Waals surface area contributed by atoms with Crippen LogP contribution in [0.1, 0.15) is 508 Å². The molecule has 1 heterocycles. The Hall–Kier alpha value is -2.60. The van der Waals surface area contributed by atoms with Crippen LogP contribution < -0.4 is 0 Å². The number of hydrogen-bond donors (Lipinski definition) is 0. The molecule has 0 N–H and O–H groups in total. The number of nitrogens with zero attached hydrogens (tertiary/aromatic N) is 2. The molecule has 0 aromatic heterocycles. The topological polar surface area (TPSA) is 25.3 Å². The van der Waals surface area contributed by atoms with Crippen molar-refractivity contribution in [2.45, 2.75) is 498 Å². The van der Waals surface area contributed by atoms with Crippen molar-refractivity contribution in [3.8, 4) is 0 Å². The summed E-state index contributed by atoms with van der Waals surface area (Å²) in [5.41, 5.74) is 26.8. The van der Waals surface area contributed by atoms with E-state index in [0.29, 0.717) is 11.8 Å². The van der Waals surface area contributed by atoms with Gasteiger partial charge in [0, 0.05) is 37.1 Å². The molecule has 0 saturated heterocycles. The summed E-state index contributed by atoms with van der Waals surface area (Å²) in [7, 11) is 0. The molecule has 2 aromatic carbocycles. The van der Waals surface area contributed by atoms with Crippen molar-refractivity contribution >= 4 is 11.4 Å². The number of rotatable bonds is 76. The zero-order valence-electron chi connectivity index (χ0n) is 71.1. The van der Waals surface area contributed by atoms with Crippen LogP contribution in [-0.4, -0.2) is 4.70 Å². The van der Waals surface area contributed by atoms with Gasteiger partial charge in [-0.1, -0.05) is 455 Å². The minimum absolute atomic E-state index is 0. The number of aryl methyl sites for hydroxylation is 2. The average molecular weight is 1520 g/mol. The van der Waals surface area contributed by atoms with Crippen LogP contribution in [0.15, 0.2) is 95.1 Å². The Morgan fingerprint density at radius 2 is 0.577 bits per heavy atom. The van der Waals surface area contributed by atoms with Crippen molar-refractivity contribution in [3.05, 3.63) is 123 Å². The van der Waals surface area contributed by atoms with E-state index in [0.717, 1.165) is 62.8 Å². The Morgan fingerprint density at radius 3 is 0.904 bits per heavy atom. The first-order valence-electron chi connectivity index (χ1n) is 47.1. The van der Waals surface area contributed by atoms with Crippen LogP contribution in [0, 0.1) is 11.8 Å². The average Bonchev–Trinajstić information content (AvgIpc) is 1.60. The normalized spacial score (nSPS) is 13.6. The molecule has 2 nitrogen and oxygen atoms in total. The molecule has 1 aliphatic rings. The summed E-state index contributed by atoms with van der Waals surface area (Å²) in [5, 5.41) is 0.